The molecule has 1 aromatic carbocycles. The molecule has 2 aromatic rings. The predicted molar refractivity (Wildman–Crippen MR) is 72.0 cm³/mol. The first-order valence-corrected chi connectivity index (χ1v) is 6.97. The van der Waals surface area contributed by atoms with E-state index in [9.17, 15) is 14.2 Å². The fraction of sp³-hybridized carbons (Fsp3) is 0. The molecule has 3 rings (SSSR count). The summed E-state index contributed by atoms with van der Waals surface area (Å²) in [5.74, 6) is -1.15. The number of carbonyl (C=O) groups excluding carboxylic acids is 2. The molecule has 7 heteroatoms. The first kappa shape index (κ1) is 13.4. The Balaban J connectivity index is 2.09. The van der Waals surface area contributed by atoms with Crippen LogP contribution >= 0.6 is 8.25 Å². The van der Waals surface area contributed by atoms with Gasteiger partial charge in [-0.3, -0.25) is 9.59 Å². The van der Waals surface area contributed by atoms with Crippen molar-refractivity contribution in [2.24, 2.45) is 0 Å². The predicted octanol–water partition coefficient (Wildman–Crippen LogP) is 2.69. The second-order valence-electron chi connectivity index (χ2n) is 4.31. The minimum atomic E-state index is -2.90. The molecule has 104 valence electrons. The van der Waals surface area contributed by atoms with Crippen molar-refractivity contribution in [3.8, 4) is 0 Å². The fourth-order valence-corrected chi connectivity index (χ4v) is 2.43. The van der Waals surface area contributed by atoms with E-state index < -0.39 is 14.0 Å². The largest absolute Gasteiger partial charge is 0.747 e. The molecule has 1 aliphatic rings. The van der Waals surface area contributed by atoms with Gasteiger partial charge in [-0.15, -0.1) is 4.89 Å². The van der Waals surface area contributed by atoms with Gasteiger partial charge in [0.05, 0.1) is 5.56 Å². The highest BCUT2D eigenvalue weighted by Gasteiger charge is 2.34. The number of fused-ring (bicyclic) bond motifs is 2. The van der Waals surface area contributed by atoms with Crippen LogP contribution in [0.2, 0.25) is 0 Å². The molecule has 0 saturated heterocycles. The average Bonchev–Trinajstić information content (AvgIpc) is 2.90. The third-order valence-electron chi connectivity index (χ3n) is 3.06. The molecule has 0 aliphatic heterocycles. The van der Waals surface area contributed by atoms with Gasteiger partial charge in [0, 0.05) is 15.7 Å². The molecule has 1 heterocycles. The Kier molecular flexibility index (Phi) is 3.05. The van der Waals surface area contributed by atoms with Crippen LogP contribution in [0.25, 0.3) is 5.76 Å². The molecular weight excluding hydrogens is 295 g/mol. The van der Waals surface area contributed by atoms with E-state index in [4.69, 9.17) is 9.31 Å². The number of benzene rings is 1. The van der Waals surface area contributed by atoms with Crippen molar-refractivity contribution in [3.63, 3.8) is 0 Å². The Morgan fingerprint density at radius 1 is 1.14 bits per heavy atom. The summed E-state index contributed by atoms with van der Waals surface area (Å²) in [5.41, 5.74) is 0.643. The van der Waals surface area contributed by atoms with E-state index in [-0.39, 0.29) is 34.2 Å². The van der Waals surface area contributed by atoms with Crippen LogP contribution in [0.5, 0.6) is 0 Å². The van der Waals surface area contributed by atoms with Gasteiger partial charge in [0.25, 0.3) is 0 Å². The zero-order chi connectivity index (χ0) is 15.1. The number of furan rings is 1. The topological polar surface area (TPSA) is 93.8 Å². The Labute approximate surface area is 119 Å². The summed E-state index contributed by atoms with van der Waals surface area (Å²) >= 11 is 0. The smallest absolute Gasteiger partial charge is 0.448 e. The second-order valence-corrected chi connectivity index (χ2v) is 4.97. The minimum Gasteiger partial charge on any atom is -0.448 e. The summed E-state index contributed by atoms with van der Waals surface area (Å²) in [6, 6.07) is 7.69. The minimum absolute atomic E-state index is 0.0353. The van der Waals surface area contributed by atoms with Crippen molar-refractivity contribution in [2.75, 3.05) is 0 Å². The van der Waals surface area contributed by atoms with Crippen LogP contribution in [-0.2, 0) is 9.09 Å². The van der Waals surface area contributed by atoms with Gasteiger partial charge in [-0.1, -0.05) is 24.3 Å². The van der Waals surface area contributed by atoms with Gasteiger partial charge in [0.2, 0.25) is 11.5 Å². The van der Waals surface area contributed by atoms with Crippen molar-refractivity contribution >= 4 is 25.6 Å². The quantitative estimate of drug-likeness (QED) is 0.590. The van der Waals surface area contributed by atoms with Crippen molar-refractivity contribution in [3.05, 3.63) is 65.1 Å². The summed E-state index contributed by atoms with van der Waals surface area (Å²) in [4.78, 5) is 33.3. The number of ketones is 2. The molecule has 1 unspecified atom stereocenters. The molecule has 1 aromatic heterocycles. The van der Waals surface area contributed by atoms with Gasteiger partial charge in [-0.25, -0.2) is 4.52 Å². The standard InChI is InChI=1S/C14H7O6P/c1-7(20-21(17)18)11-6-10-12(15)8-4-2-3-5-9(8)13(16)14(10)19-11/h2-6H,1H2/p+1. The van der Waals surface area contributed by atoms with Gasteiger partial charge in [0.1, 0.15) is 0 Å². The van der Waals surface area contributed by atoms with Crippen LogP contribution in [0.15, 0.2) is 41.3 Å². The zero-order valence-electron chi connectivity index (χ0n) is 10.5. The Morgan fingerprint density at radius 3 is 2.38 bits per heavy atom. The third kappa shape index (κ3) is 2.11. The van der Waals surface area contributed by atoms with E-state index in [1.807, 2.05) is 0 Å². The molecule has 6 nitrogen and oxygen atoms in total. The molecule has 1 N–H and O–H groups in total. The fourth-order valence-electron chi connectivity index (χ4n) is 2.15. The lowest BCUT2D eigenvalue weighted by Gasteiger charge is -2.11. The van der Waals surface area contributed by atoms with Gasteiger partial charge in [-0.2, -0.15) is 0 Å². The first-order valence-electron chi connectivity index (χ1n) is 5.84. The number of hydrogen-bond donors (Lipinski definition) is 1. The molecule has 1 atom stereocenters. The van der Waals surface area contributed by atoms with E-state index in [0.29, 0.717) is 5.56 Å². The number of hydrogen-bond acceptors (Lipinski definition) is 5. The van der Waals surface area contributed by atoms with E-state index >= 15 is 0 Å². The highest BCUT2D eigenvalue weighted by atomic mass is 31.1. The summed E-state index contributed by atoms with van der Waals surface area (Å²) < 4.78 is 20.4. The van der Waals surface area contributed by atoms with Crippen LogP contribution in [0.3, 0.4) is 0 Å². The second kappa shape index (κ2) is 4.77. The lowest BCUT2D eigenvalue weighted by atomic mass is 9.89. The number of carbonyl (C=O) groups is 2. The maximum atomic E-state index is 12.3. The van der Waals surface area contributed by atoms with Crippen molar-refractivity contribution in [2.45, 2.75) is 0 Å². The monoisotopic (exact) mass is 303 g/mol. The van der Waals surface area contributed by atoms with E-state index in [1.165, 1.54) is 12.1 Å². The van der Waals surface area contributed by atoms with E-state index in [0.717, 1.165) is 0 Å². The van der Waals surface area contributed by atoms with Gasteiger partial charge in [-0.05, 0) is 12.6 Å². The summed E-state index contributed by atoms with van der Waals surface area (Å²) in [6.45, 7) is 3.43. The van der Waals surface area contributed by atoms with E-state index in [2.05, 4.69) is 11.1 Å². The lowest BCUT2D eigenvalue weighted by molar-refractivity contribution is 0.0960. The third-order valence-corrected chi connectivity index (χ3v) is 3.44. The van der Waals surface area contributed by atoms with Gasteiger partial charge >= 0.3 is 8.25 Å². The van der Waals surface area contributed by atoms with Crippen LogP contribution < -0.4 is 0 Å². The molecule has 0 spiro atoms. The Bertz CT molecular complexity index is 764. The summed E-state index contributed by atoms with van der Waals surface area (Å²) in [7, 11) is -2.90. The SMILES string of the molecule is C=C(O[P+](=O)O)c1cc2c(o1)C(=O)c1ccccc1C2=O. The van der Waals surface area contributed by atoms with Crippen LogP contribution in [0.1, 0.15) is 37.8 Å². The first-order chi connectivity index (χ1) is 9.99. The van der Waals surface area contributed by atoms with Gasteiger partial charge in [0.15, 0.2) is 17.3 Å². The summed E-state index contributed by atoms with van der Waals surface area (Å²) in [5, 5.41) is 0. The van der Waals surface area contributed by atoms with Crippen molar-refractivity contribution in [1.82, 2.24) is 0 Å². The average molecular weight is 303 g/mol. The Hall–Kier alpha value is -2.56. The molecule has 0 bridgehead atoms. The molecule has 0 saturated carbocycles. The number of rotatable bonds is 3. The maximum absolute atomic E-state index is 12.3. The highest BCUT2D eigenvalue weighted by Crippen LogP contribution is 2.34. The summed E-state index contributed by atoms with van der Waals surface area (Å²) in [6.07, 6.45) is 0. The molecule has 1 aliphatic carbocycles. The van der Waals surface area contributed by atoms with Crippen LogP contribution in [0.4, 0.5) is 0 Å². The lowest BCUT2D eigenvalue weighted by Crippen LogP contribution is -2.18. The van der Waals surface area contributed by atoms with Crippen molar-refractivity contribution < 1.29 is 28.0 Å². The zero-order valence-corrected chi connectivity index (χ0v) is 11.4. The van der Waals surface area contributed by atoms with Crippen molar-refractivity contribution in [1.29, 1.82) is 0 Å². The highest BCUT2D eigenvalue weighted by molar-refractivity contribution is 7.32. The van der Waals surface area contributed by atoms with E-state index in [1.54, 1.807) is 18.2 Å². The normalized spacial score (nSPS) is 13.5. The van der Waals surface area contributed by atoms with Crippen LogP contribution in [-0.4, -0.2) is 16.5 Å². The molecule has 21 heavy (non-hydrogen) atoms. The Morgan fingerprint density at radius 2 is 1.76 bits per heavy atom. The maximum Gasteiger partial charge on any atom is 0.747 e. The molecule has 0 amide bonds. The van der Waals surface area contributed by atoms with Gasteiger partial charge < -0.3 is 4.42 Å². The molecule has 0 fully saturated rings. The molecular formula is C14H8O6P+. The molecule has 0 radical (unpaired) electrons. The van der Waals surface area contributed by atoms with Crippen LogP contribution in [0, 0.1) is 0 Å².